The van der Waals surface area contributed by atoms with Gasteiger partial charge >= 0.3 is 20.2 Å². The van der Waals surface area contributed by atoms with Crippen LogP contribution in [0.15, 0.2) is 70.5 Å². The third kappa shape index (κ3) is 6.32. The Kier molecular flexibility index (Phi) is 6.63. The van der Waals surface area contributed by atoms with Crippen LogP contribution in [-0.2, 0) is 23.9 Å². The molecule has 0 fully saturated rings. The third-order valence-electron chi connectivity index (χ3n) is 2.24. The highest BCUT2D eigenvalue weighted by Crippen LogP contribution is 2.19. The molecule has 4 N–H and O–H groups in total. The molecular formula is C13H14N2O5S3. The maximum atomic E-state index is 11.8. The van der Waals surface area contributed by atoms with Crippen molar-refractivity contribution in [3.63, 3.8) is 0 Å². The van der Waals surface area contributed by atoms with E-state index in [1.54, 1.807) is 12.1 Å². The normalized spacial score (nSPS) is 11.1. The van der Waals surface area contributed by atoms with Crippen LogP contribution in [0.5, 0.6) is 0 Å². The van der Waals surface area contributed by atoms with Gasteiger partial charge in [0, 0.05) is 0 Å². The molecule has 0 spiro atoms. The van der Waals surface area contributed by atoms with Gasteiger partial charge in [-0.15, -0.1) is 3.63 Å². The van der Waals surface area contributed by atoms with Crippen molar-refractivity contribution in [2.75, 3.05) is 0 Å². The van der Waals surface area contributed by atoms with Crippen molar-refractivity contribution < 1.29 is 20.5 Å². The van der Waals surface area contributed by atoms with Gasteiger partial charge < -0.3 is 11.5 Å². The van der Waals surface area contributed by atoms with Crippen molar-refractivity contribution in [3.05, 3.63) is 60.7 Å². The molecule has 0 amide bonds. The Morgan fingerprint density at radius 1 is 0.739 bits per heavy atom. The van der Waals surface area contributed by atoms with Crippen LogP contribution >= 0.6 is 12.2 Å². The Balaban J connectivity index is 0.000000593. The fourth-order valence-electron chi connectivity index (χ4n) is 1.37. The van der Waals surface area contributed by atoms with E-state index < -0.39 is 20.2 Å². The topological polar surface area (TPSA) is 130 Å². The maximum Gasteiger partial charge on any atom is 0.311 e. The van der Waals surface area contributed by atoms with E-state index in [4.69, 9.17) is 0 Å². The highest BCUT2D eigenvalue weighted by atomic mass is 32.3. The van der Waals surface area contributed by atoms with Gasteiger partial charge in [0.2, 0.25) is 0 Å². The van der Waals surface area contributed by atoms with Gasteiger partial charge in [-0.05, 0) is 36.5 Å². The van der Waals surface area contributed by atoms with Gasteiger partial charge in [0.1, 0.15) is 0 Å². The summed E-state index contributed by atoms with van der Waals surface area (Å²) < 4.78 is 51.6. The minimum Gasteiger partial charge on any atom is -0.377 e. The van der Waals surface area contributed by atoms with Crippen LogP contribution in [0.1, 0.15) is 0 Å². The SMILES string of the molecule is NC(N)=S.O=S(=O)(OS(=O)(=O)c1ccccc1)c1ccccc1. The van der Waals surface area contributed by atoms with Gasteiger partial charge in [-0.1, -0.05) is 36.4 Å². The summed E-state index contributed by atoms with van der Waals surface area (Å²) >= 11 is 4.09. The van der Waals surface area contributed by atoms with Gasteiger partial charge in [0.15, 0.2) is 5.11 Å². The first-order valence-corrected chi connectivity index (χ1v) is 9.24. The molecule has 0 aliphatic heterocycles. The van der Waals surface area contributed by atoms with Crippen LogP contribution in [0.3, 0.4) is 0 Å². The lowest BCUT2D eigenvalue weighted by Gasteiger charge is -2.05. The highest BCUT2D eigenvalue weighted by Gasteiger charge is 2.26. The number of nitrogens with two attached hydrogens (primary N) is 2. The predicted octanol–water partition coefficient (Wildman–Crippen LogP) is 0.970. The molecule has 2 aromatic carbocycles. The average Bonchev–Trinajstić information content (AvgIpc) is 2.47. The molecular weight excluding hydrogens is 360 g/mol. The fraction of sp³-hybridized carbons (Fsp3) is 0. The molecule has 10 heteroatoms. The number of hydrogen-bond donors (Lipinski definition) is 2. The zero-order chi connectivity index (χ0) is 17.5. The van der Waals surface area contributed by atoms with Crippen LogP contribution in [0.2, 0.25) is 0 Å². The average molecular weight is 374 g/mol. The summed E-state index contributed by atoms with van der Waals surface area (Å²) in [6.45, 7) is 0. The first kappa shape index (κ1) is 19.0. The lowest BCUT2D eigenvalue weighted by Crippen LogP contribution is -2.18. The van der Waals surface area contributed by atoms with E-state index in [9.17, 15) is 16.8 Å². The van der Waals surface area contributed by atoms with Gasteiger partial charge in [0.25, 0.3) is 0 Å². The third-order valence-corrected chi connectivity index (χ3v) is 5.38. The van der Waals surface area contributed by atoms with E-state index in [1.807, 2.05) is 0 Å². The molecule has 0 saturated carbocycles. The van der Waals surface area contributed by atoms with Crippen molar-refractivity contribution in [1.82, 2.24) is 0 Å². The van der Waals surface area contributed by atoms with Crippen LogP contribution in [0.4, 0.5) is 0 Å². The Bertz CT molecular complexity index is 779. The molecule has 0 atom stereocenters. The second-order valence-corrected chi connectivity index (χ2v) is 7.78. The molecule has 0 bridgehead atoms. The number of benzene rings is 2. The summed E-state index contributed by atoms with van der Waals surface area (Å²) in [5.74, 6) is 0. The Labute approximate surface area is 140 Å². The minimum atomic E-state index is -4.35. The molecule has 23 heavy (non-hydrogen) atoms. The van der Waals surface area contributed by atoms with Crippen LogP contribution in [-0.4, -0.2) is 21.9 Å². The summed E-state index contributed by atoms with van der Waals surface area (Å²) in [6, 6.07) is 14.2. The molecule has 0 radical (unpaired) electrons. The van der Waals surface area contributed by atoms with E-state index in [0.29, 0.717) is 0 Å². The van der Waals surface area contributed by atoms with Crippen LogP contribution in [0, 0.1) is 0 Å². The number of hydrogen-bond acceptors (Lipinski definition) is 6. The zero-order valence-corrected chi connectivity index (χ0v) is 14.1. The first-order chi connectivity index (χ1) is 10.6. The van der Waals surface area contributed by atoms with Crippen molar-refractivity contribution in [1.29, 1.82) is 0 Å². The van der Waals surface area contributed by atoms with Crippen molar-refractivity contribution in [2.45, 2.75) is 9.79 Å². The summed E-state index contributed by atoms with van der Waals surface area (Å²) in [5.41, 5.74) is 9.24. The number of rotatable bonds is 4. The molecule has 0 unspecified atom stereocenters. The van der Waals surface area contributed by atoms with E-state index in [2.05, 4.69) is 27.3 Å². The molecule has 124 valence electrons. The quantitative estimate of drug-likeness (QED) is 0.757. The summed E-state index contributed by atoms with van der Waals surface area (Å²) in [7, 11) is -8.71. The van der Waals surface area contributed by atoms with Gasteiger partial charge in [0.05, 0.1) is 9.79 Å². The highest BCUT2D eigenvalue weighted by molar-refractivity contribution is 7.99. The lowest BCUT2D eigenvalue weighted by molar-refractivity contribution is 0.462. The Morgan fingerprint density at radius 3 is 1.26 bits per heavy atom. The molecule has 7 nitrogen and oxygen atoms in total. The monoisotopic (exact) mass is 374 g/mol. The Hall–Kier alpha value is -2.01. The molecule has 0 aromatic heterocycles. The molecule has 0 saturated heterocycles. The summed E-state index contributed by atoms with van der Waals surface area (Å²) in [4.78, 5) is -0.427. The molecule has 0 aliphatic rings. The van der Waals surface area contributed by atoms with Crippen molar-refractivity contribution >= 4 is 37.6 Å². The van der Waals surface area contributed by atoms with E-state index in [0.717, 1.165) is 0 Å². The van der Waals surface area contributed by atoms with E-state index in [1.165, 1.54) is 48.5 Å². The molecule has 0 aliphatic carbocycles. The standard InChI is InChI=1S/C12H10O5S2.CH4N2S/c13-18(14,11-7-3-1-4-8-11)17-19(15,16)12-9-5-2-6-10-12;2-1(3)4/h1-10H;(H4,2,3,4). The van der Waals surface area contributed by atoms with Gasteiger partial charge in [-0.25, -0.2) is 0 Å². The zero-order valence-electron chi connectivity index (χ0n) is 11.7. The molecule has 0 heterocycles. The van der Waals surface area contributed by atoms with Crippen LogP contribution in [0.25, 0.3) is 0 Å². The number of thiocarbonyl (C=S) groups is 1. The predicted molar refractivity (Wildman–Crippen MR) is 89.3 cm³/mol. The second-order valence-electron chi connectivity index (χ2n) is 4.00. The largest absolute Gasteiger partial charge is 0.377 e. The van der Waals surface area contributed by atoms with Crippen LogP contribution < -0.4 is 11.5 Å². The molecule has 2 rings (SSSR count). The summed E-state index contributed by atoms with van der Waals surface area (Å²) in [6.07, 6.45) is 0. The smallest absolute Gasteiger partial charge is 0.311 e. The summed E-state index contributed by atoms with van der Waals surface area (Å²) in [5, 5.41) is 0.000000000000000222. The van der Waals surface area contributed by atoms with Crippen molar-refractivity contribution in [3.8, 4) is 0 Å². The fourth-order valence-corrected chi connectivity index (χ4v) is 3.92. The van der Waals surface area contributed by atoms with Gasteiger partial charge in [-0.3, -0.25) is 0 Å². The first-order valence-electron chi connectivity index (χ1n) is 6.01. The minimum absolute atomic E-state index is 0.000000000000000222. The Morgan fingerprint density at radius 2 is 1.00 bits per heavy atom. The van der Waals surface area contributed by atoms with Gasteiger partial charge in [-0.2, -0.15) is 16.8 Å². The van der Waals surface area contributed by atoms with E-state index in [-0.39, 0.29) is 14.9 Å². The van der Waals surface area contributed by atoms with E-state index >= 15 is 0 Å². The maximum absolute atomic E-state index is 11.8. The lowest BCUT2D eigenvalue weighted by atomic mass is 10.4. The van der Waals surface area contributed by atoms with Crippen molar-refractivity contribution in [2.24, 2.45) is 11.5 Å². The second kappa shape index (κ2) is 8.02. The molecule has 2 aromatic rings.